The van der Waals surface area contributed by atoms with Gasteiger partial charge < -0.3 is 5.32 Å². The lowest BCUT2D eigenvalue weighted by Crippen LogP contribution is -2.39. The van der Waals surface area contributed by atoms with Gasteiger partial charge in [-0.2, -0.15) is 5.26 Å². The normalized spacial score (nSPS) is 17.1. The van der Waals surface area contributed by atoms with Crippen molar-refractivity contribution in [3.05, 3.63) is 30.1 Å². The van der Waals surface area contributed by atoms with Gasteiger partial charge in [-0.3, -0.25) is 9.78 Å². The van der Waals surface area contributed by atoms with Crippen LogP contribution in [0.4, 0.5) is 0 Å². The molecule has 4 heteroatoms. The molecule has 0 unspecified atom stereocenters. The van der Waals surface area contributed by atoms with Crippen LogP contribution in [0.15, 0.2) is 24.4 Å². The minimum atomic E-state index is -0.195. The number of hydrogen-bond acceptors (Lipinski definition) is 3. The molecule has 2 rings (SSSR count). The van der Waals surface area contributed by atoms with E-state index >= 15 is 0 Å². The molecule has 18 heavy (non-hydrogen) atoms. The van der Waals surface area contributed by atoms with Gasteiger partial charge in [0, 0.05) is 23.9 Å². The summed E-state index contributed by atoms with van der Waals surface area (Å²) in [5.74, 6) is -0.195. The second kappa shape index (κ2) is 5.63. The van der Waals surface area contributed by atoms with E-state index < -0.39 is 0 Å². The van der Waals surface area contributed by atoms with Gasteiger partial charge in [0.05, 0.1) is 6.07 Å². The van der Waals surface area contributed by atoms with Crippen LogP contribution in [0.3, 0.4) is 0 Å². The molecule has 1 N–H and O–H groups in total. The molecule has 1 fully saturated rings. The first kappa shape index (κ1) is 12.6. The van der Waals surface area contributed by atoms with Gasteiger partial charge in [0.2, 0.25) is 5.91 Å². The van der Waals surface area contributed by atoms with Crippen LogP contribution >= 0.6 is 0 Å². The number of nitrogens with zero attached hydrogens (tertiary/aromatic N) is 2. The molecule has 1 heterocycles. The minimum absolute atomic E-state index is 0.0353. The molecule has 94 valence electrons. The largest absolute Gasteiger partial charge is 0.354 e. The quantitative estimate of drug-likeness (QED) is 0.878. The smallest absolute Gasteiger partial charge is 0.234 e. The van der Waals surface area contributed by atoms with E-state index in [9.17, 15) is 4.79 Å². The number of rotatable bonds is 4. The van der Waals surface area contributed by atoms with Crippen LogP contribution in [0.1, 0.15) is 37.8 Å². The number of nitriles is 1. The molecule has 1 aromatic rings. The molecule has 1 aromatic heterocycles. The Bertz CT molecular complexity index is 444. The van der Waals surface area contributed by atoms with E-state index in [0.29, 0.717) is 6.54 Å². The predicted molar refractivity (Wildman–Crippen MR) is 67.6 cm³/mol. The average molecular weight is 243 g/mol. The van der Waals surface area contributed by atoms with Crippen LogP contribution in [0.5, 0.6) is 0 Å². The van der Waals surface area contributed by atoms with Gasteiger partial charge in [0.1, 0.15) is 6.42 Å². The van der Waals surface area contributed by atoms with Gasteiger partial charge in [-0.15, -0.1) is 0 Å². The molecule has 1 aliphatic rings. The van der Waals surface area contributed by atoms with Gasteiger partial charge in [-0.05, 0) is 25.0 Å². The van der Waals surface area contributed by atoms with Crippen molar-refractivity contribution in [2.24, 2.45) is 0 Å². The Balaban J connectivity index is 2.09. The van der Waals surface area contributed by atoms with Crippen molar-refractivity contribution < 1.29 is 4.79 Å². The molecule has 0 saturated heterocycles. The third-order valence-electron chi connectivity index (χ3n) is 3.63. The Kier molecular flexibility index (Phi) is 3.93. The second-order valence-corrected chi connectivity index (χ2v) is 4.81. The SMILES string of the molecule is N#CCC(=O)NCC1(c2ccccn2)CCCC1. The Morgan fingerprint density at radius 2 is 2.22 bits per heavy atom. The standard InChI is InChI=1S/C14H17N3O/c15-9-6-13(18)17-11-14(7-2-3-8-14)12-5-1-4-10-16-12/h1,4-5,10H,2-3,6-8,11H2,(H,17,18). The fraction of sp³-hybridized carbons (Fsp3) is 0.500. The summed E-state index contributed by atoms with van der Waals surface area (Å²) in [6.45, 7) is 0.588. The molecular weight excluding hydrogens is 226 g/mol. The number of amides is 1. The highest BCUT2D eigenvalue weighted by atomic mass is 16.1. The van der Waals surface area contributed by atoms with E-state index in [0.717, 1.165) is 18.5 Å². The van der Waals surface area contributed by atoms with E-state index in [4.69, 9.17) is 5.26 Å². The number of carbonyl (C=O) groups excluding carboxylic acids is 1. The molecule has 1 aliphatic carbocycles. The third-order valence-corrected chi connectivity index (χ3v) is 3.63. The zero-order valence-corrected chi connectivity index (χ0v) is 10.4. The number of hydrogen-bond donors (Lipinski definition) is 1. The summed E-state index contributed by atoms with van der Waals surface area (Å²) in [7, 11) is 0. The predicted octanol–water partition coefficient (Wildman–Crippen LogP) is 1.92. The summed E-state index contributed by atoms with van der Waals surface area (Å²) in [5.41, 5.74) is 1.02. The fourth-order valence-corrected chi connectivity index (χ4v) is 2.65. The van der Waals surface area contributed by atoms with E-state index in [-0.39, 0.29) is 17.7 Å². The van der Waals surface area contributed by atoms with Crippen LogP contribution in [0.2, 0.25) is 0 Å². The third kappa shape index (κ3) is 2.67. The molecular formula is C14H17N3O. The van der Waals surface area contributed by atoms with E-state index in [2.05, 4.69) is 10.3 Å². The van der Waals surface area contributed by atoms with Gasteiger partial charge in [0.15, 0.2) is 0 Å². The fourth-order valence-electron chi connectivity index (χ4n) is 2.65. The first-order valence-corrected chi connectivity index (χ1v) is 6.32. The van der Waals surface area contributed by atoms with Gasteiger partial charge in [-0.1, -0.05) is 18.9 Å². The highest BCUT2D eigenvalue weighted by molar-refractivity contribution is 5.78. The van der Waals surface area contributed by atoms with Crippen LogP contribution in [-0.2, 0) is 10.2 Å². The van der Waals surface area contributed by atoms with Crippen molar-refractivity contribution >= 4 is 5.91 Å². The van der Waals surface area contributed by atoms with Crippen LogP contribution in [0.25, 0.3) is 0 Å². The van der Waals surface area contributed by atoms with Gasteiger partial charge >= 0.3 is 0 Å². The molecule has 0 atom stereocenters. The number of nitrogens with one attached hydrogen (secondary N) is 1. The lowest BCUT2D eigenvalue weighted by molar-refractivity contribution is -0.120. The Labute approximate surface area is 107 Å². The topological polar surface area (TPSA) is 65.8 Å². The summed E-state index contributed by atoms with van der Waals surface area (Å²) < 4.78 is 0. The lowest BCUT2D eigenvalue weighted by Gasteiger charge is -2.28. The van der Waals surface area contributed by atoms with Crippen LogP contribution in [-0.4, -0.2) is 17.4 Å². The van der Waals surface area contributed by atoms with Gasteiger partial charge in [0.25, 0.3) is 0 Å². The molecule has 0 radical (unpaired) electrons. The summed E-state index contributed by atoms with van der Waals surface area (Å²) in [6, 6.07) is 7.79. The molecule has 4 nitrogen and oxygen atoms in total. The highest BCUT2D eigenvalue weighted by Crippen LogP contribution is 2.39. The summed E-state index contributed by atoms with van der Waals surface area (Å²) in [6.07, 6.45) is 6.17. The minimum Gasteiger partial charge on any atom is -0.354 e. The maximum Gasteiger partial charge on any atom is 0.234 e. The zero-order chi connectivity index (χ0) is 12.8. The van der Waals surface area contributed by atoms with E-state index in [1.807, 2.05) is 24.3 Å². The van der Waals surface area contributed by atoms with Gasteiger partial charge in [-0.25, -0.2) is 0 Å². The maximum atomic E-state index is 11.4. The monoisotopic (exact) mass is 243 g/mol. The maximum absolute atomic E-state index is 11.4. The second-order valence-electron chi connectivity index (χ2n) is 4.81. The van der Waals surface area contributed by atoms with Crippen molar-refractivity contribution in [2.45, 2.75) is 37.5 Å². The first-order chi connectivity index (χ1) is 8.77. The summed E-state index contributed by atoms with van der Waals surface area (Å²) >= 11 is 0. The van der Waals surface area contributed by atoms with Crippen molar-refractivity contribution in [2.75, 3.05) is 6.54 Å². The van der Waals surface area contributed by atoms with E-state index in [1.165, 1.54) is 12.8 Å². The van der Waals surface area contributed by atoms with Crippen LogP contribution in [0, 0.1) is 11.3 Å². The molecule has 0 aliphatic heterocycles. The summed E-state index contributed by atoms with van der Waals surface area (Å²) in [4.78, 5) is 15.9. The van der Waals surface area contributed by atoms with Crippen molar-refractivity contribution in [3.8, 4) is 6.07 Å². The number of aromatic nitrogens is 1. The van der Waals surface area contributed by atoms with Crippen molar-refractivity contribution in [3.63, 3.8) is 0 Å². The first-order valence-electron chi connectivity index (χ1n) is 6.32. The van der Waals surface area contributed by atoms with Crippen molar-refractivity contribution in [1.82, 2.24) is 10.3 Å². The lowest BCUT2D eigenvalue weighted by atomic mass is 9.82. The zero-order valence-electron chi connectivity index (χ0n) is 10.4. The highest BCUT2D eigenvalue weighted by Gasteiger charge is 2.36. The Morgan fingerprint density at radius 1 is 1.44 bits per heavy atom. The molecule has 1 amide bonds. The van der Waals surface area contributed by atoms with E-state index in [1.54, 1.807) is 6.20 Å². The average Bonchev–Trinajstić information content (AvgIpc) is 2.88. The molecule has 1 saturated carbocycles. The molecule has 0 spiro atoms. The summed E-state index contributed by atoms with van der Waals surface area (Å²) in [5, 5.41) is 11.4. The Morgan fingerprint density at radius 3 is 2.83 bits per heavy atom. The van der Waals surface area contributed by atoms with Crippen molar-refractivity contribution in [1.29, 1.82) is 5.26 Å². The molecule has 0 aromatic carbocycles. The number of carbonyl (C=O) groups is 1. The Hall–Kier alpha value is -1.89. The van der Waals surface area contributed by atoms with Crippen LogP contribution < -0.4 is 5.32 Å². The number of pyridine rings is 1. The molecule has 0 bridgehead atoms.